The van der Waals surface area contributed by atoms with E-state index in [0.717, 1.165) is 16.9 Å². The molecule has 3 heterocycles. The molecule has 2 aliphatic rings. The van der Waals surface area contributed by atoms with E-state index in [-0.39, 0.29) is 17.9 Å². The quantitative estimate of drug-likeness (QED) is 0.534. The predicted octanol–water partition coefficient (Wildman–Crippen LogP) is 1.63. The SMILES string of the molecule is COc1ccc(CN2C(=O)C(OC)C2C2=CCN(C(=O)c3ccnn3C)CC2)cc1. The first-order valence-electron chi connectivity index (χ1n) is 9.96. The van der Waals surface area contributed by atoms with E-state index >= 15 is 0 Å². The minimum Gasteiger partial charge on any atom is -0.497 e. The van der Waals surface area contributed by atoms with Crippen molar-refractivity contribution in [3.63, 3.8) is 0 Å². The molecule has 0 bridgehead atoms. The maximum absolute atomic E-state index is 12.7. The van der Waals surface area contributed by atoms with Crippen LogP contribution in [0.25, 0.3) is 0 Å². The van der Waals surface area contributed by atoms with E-state index in [1.54, 1.807) is 43.1 Å². The van der Waals surface area contributed by atoms with Crippen molar-refractivity contribution in [3.05, 3.63) is 59.4 Å². The molecule has 0 N–H and O–H groups in total. The van der Waals surface area contributed by atoms with E-state index in [1.807, 2.05) is 29.2 Å². The summed E-state index contributed by atoms with van der Waals surface area (Å²) in [5, 5.41) is 4.07. The lowest BCUT2D eigenvalue weighted by Gasteiger charge is -2.48. The highest BCUT2D eigenvalue weighted by atomic mass is 16.5. The van der Waals surface area contributed by atoms with Gasteiger partial charge in [0, 0.05) is 40.0 Å². The highest BCUT2D eigenvalue weighted by molar-refractivity contribution is 5.93. The van der Waals surface area contributed by atoms with Crippen LogP contribution in [0.3, 0.4) is 0 Å². The summed E-state index contributed by atoms with van der Waals surface area (Å²) < 4.78 is 12.3. The van der Waals surface area contributed by atoms with Gasteiger partial charge in [-0.3, -0.25) is 14.3 Å². The third-order valence-corrected chi connectivity index (χ3v) is 5.87. The Morgan fingerprint density at radius 1 is 1.20 bits per heavy atom. The molecule has 158 valence electrons. The van der Waals surface area contributed by atoms with Crippen molar-refractivity contribution in [1.82, 2.24) is 19.6 Å². The summed E-state index contributed by atoms with van der Waals surface area (Å²) in [5.41, 5.74) is 2.75. The van der Waals surface area contributed by atoms with Gasteiger partial charge in [0.05, 0.1) is 13.2 Å². The van der Waals surface area contributed by atoms with Crippen LogP contribution in [0.1, 0.15) is 22.5 Å². The third-order valence-electron chi connectivity index (χ3n) is 5.87. The van der Waals surface area contributed by atoms with Crippen LogP contribution in [-0.4, -0.2) is 70.8 Å². The van der Waals surface area contributed by atoms with E-state index < -0.39 is 6.10 Å². The first-order valence-corrected chi connectivity index (χ1v) is 9.96. The number of amides is 2. The molecular formula is C22H26N4O4. The summed E-state index contributed by atoms with van der Waals surface area (Å²) in [6.07, 6.45) is 3.93. The molecule has 0 radical (unpaired) electrons. The number of carbonyl (C=O) groups excluding carboxylic acids is 2. The molecular weight excluding hydrogens is 384 g/mol. The van der Waals surface area contributed by atoms with Gasteiger partial charge in [0.1, 0.15) is 11.4 Å². The summed E-state index contributed by atoms with van der Waals surface area (Å²) in [5.74, 6) is 0.745. The number of nitrogens with zero attached hydrogens (tertiary/aromatic N) is 4. The Bertz CT molecular complexity index is 966. The largest absolute Gasteiger partial charge is 0.497 e. The Labute approximate surface area is 175 Å². The van der Waals surface area contributed by atoms with Crippen molar-refractivity contribution in [3.8, 4) is 5.75 Å². The Balaban J connectivity index is 1.46. The molecule has 0 spiro atoms. The number of rotatable bonds is 6. The molecule has 1 saturated heterocycles. The van der Waals surface area contributed by atoms with E-state index in [0.29, 0.717) is 31.7 Å². The number of likely N-dealkylation sites (tertiary alicyclic amines) is 1. The lowest BCUT2D eigenvalue weighted by molar-refractivity contribution is -0.168. The van der Waals surface area contributed by atoms with Gasteiger partial charge in [0.2, 0.25) is 0 Å². The minimum atomic E-state index is -0.464. The molecule has 8 nitrogen and oxygen atoms in total. The number of carbonyl (C=O) groups is 2. The number of hydrogen-bond acceptors (Lipinski definition) is 5. The Hall–Kier alpha value is -3.13. The van der Waals surface area contributed by atoms with E-state index in [9.17, 15) is 9.59 Å². The van der Waals surface area contributed by atoms with Crippen LogP contribution in [0.2, 0.25) is 0 Å². The van der Waals surface area contributed by atoms with Crippen LogP contribution in [0.15, 0.2) is 48.2 Å². The van der Waals surface area contributed by atoms with Crippen molar-refractivity contribution in [2.45, 2.75) is 25.1 Å². The van der Waals surface area contributed by atoms with Gasteiger partial charge in [-0.25, -0.2) is 0 Å². The molecule has 2 aliphatic heterocycles. The highest BCUT2D eigenvalue weighted by Gasteiger charge is 2.49. The lowest BCUT2D eigenvalue weighted by Crippen LogP contribution is -2.66. The van der Waals surface area contributed by atoms with Crippen LogP contribution in [0.5, 0.6) is 5.75 Å². The molecule has 0 saturated carbocycles. The van der Waals surface area contributed by atoms with Gasteiger partial charge in [0.15, 0.2) is 6.10 Å². The normalized spacial score (nSPS) is 21.3. The summed E-state index contributed by atoms with van der Waals surface area (Å²) in [4.78, 5) is 29.0. The van der Waals surface area contributed by atoms with Crippen LogP contribution in [0, 0.1) is 0 Å². The molecule has 8 heteroatoms. The van der Waals surface area contributed by atoms with Gasteiger partial charge in [-0.15, -0.1) is 0 Å². The number of methoxy groups -OCH3 is 2. The summed E-state index contributed by atoms with van der Waals surface area (Å²) in [6, 6.07) is 9.34. The summed E-state index contributed by atoms with van der Waals surface area (Å²) >= 11 is 0. The molecule has 1 aromatic heterocycles. The average molecular weight is 410 g/mol. The Kier molecular flexibility index (Phi) is 5.59. The second kappa shape index (κ2) is 8.31. The van der Waals surface area contributed by atoms with Crippen molar-refractivity contribution in [2.24, 2.45) is 7.05 Å². The van der Waals surface area contributed by atoms with Crippen molar-refractivity contribution in [1.29, 1.82) is 0 Å². The molecule has 4 rings (SSSR count). The molecule has 0 aliphatic carbocycles. The highest BCUT2D eigenvalue weighted by Crippen LogP contribution is 2.33. The fourth-order valence-corrected chi connectivity index (χ4v) is 4.13. The molecule has 2 amide bonds. The summed E-state index contributed by atoms with van der Waals surface area (Å²) in [7, 11) is 4.96. The van der Waals surface area contributed by atoms with E-state index in [2.05, 4.69) is 11.2 Å². The number of aromatic nitrogens is 2. The average Bonchev–Trinajstić information content (AvgIpc) is 3.21. The Morgan fingerprint density at radius 3 is 2.53 bits per heavy atom. The second-order valence-corrected chi connectivity index (χ2v) is 7.54. The molecule has 30 heavy (non-hydrogen) atoms. The predicted molar refractivity (Wildman–Crippen MR) is 110 cm³/mol. The maximum Gasteiger partial charge on any atom is 0.272 e. The van der Waals surface area contributed by atoms with Crippen molar-refractivity contribution in [2.75, 3.05) is 27.3 Å². The zero-order valence-corrected chi connectivity index (χ0v) is 17.4. The third kappa shape index (κ3) is 3.59. The van der Waals surface area contributed by atoms with Gasteiger partial charge < -0.3 is 19.3 Å². The maximum atomic E-state index is 12.7. The number of β-lactam (4-membered cyclic amide) rings is 1. The first-order chi connectivity index (χ1) is 14.5. The summed E-state index contributed by atoms with van der Waals surface area (Å²) in [6.45, 7) is 1.63. The van der Waals surface area contributed by atoms with Crippen LogP contribution < -0.4 is 4.74 Å². The fraction of sp³-hybridized carbons (Fsp3) is 0.409. The van der Waals surface area contributed by atoms with Gasteiger partial charge in [-0.1, -0.05) is 18.2 Å². The number of benzene rings is 1. The first kappa shape index (κ1) is 20.2. The van der Waals surface area contributed by atoms with Gasteiger partial charge in [0.25, 0.3) is 11.8 Å². The minimum absolute atomic E-state index is 0.00684. The van der Waals surface area contributed by atoms with Gasteiger partial charge in [-0.05, 0) is 35.8 Å². The van der Waals surface area contributed by atoms with Crippen LogP contribution in [0.4, 0.5) is 0 Å². The monoisotopic (exact) mass is 410 g/mol. The van der Waals surface area contributed by atoms with E-state index in [4.69, 9.17) is 9.47 Å². The molecule has 2 unspecified atom stereocenters. The number of hydrogen-bond donors (Lipinski definition) is 0. The van der Waals surface area contributed by atoms with E-state index in [1.165, 1.54) is 0 Å². The smallest absolute Gasteiger partial charge is 0.272 e. The molecule has 1 aromatic carbocycles. The zero-order chi connectivity index (χ0) is 21.3. The van der Waals surface area contributed by atoms with Crippen LogP contribution in [-0.2, 0) is 23.1 Å². The van der Waals surface area contributed by atoms with Gasteiger partial charge in [-0.2, -0.15) is 5.10 Å². The molecule has 1 fully saturated rings. The fourth-order valence-electron chi connectivity index (χ4n) is 4.13. The number of aryl methyl sites for hydroxylation is 1. The topological polar surface area (TPSA) is 76.9 Å². The number of ether oxygens (including phenoxy) is 2. The van der Waals surface area contributed by atoms with Crippen LogP contribution >= 0.6 is 0 Å². The molecule has 2 aromatic rings. The van der Waals surface area contributed by atoms with Crippen molar-refractivity contribution >= 4 is 11.8 Å². The zero-order valence-electron chi connectivity index (χ0n) is 17.4. The Morgan fingerprint density at radius 2 is 1.97 bits per heavy atom. The standard InChI is InChI=1S/C22H26N4O4/c1-24-18(8-11-23-24)21(27)25-12-9-16(10-13-25)19-20(30-3)22(28)26(19)14-15-4-6-17(29-2)7-5-15/h4-9,11,19-20H,10,12-14H2,1-3H3. The van der Waals surface area contributed by atoms with Crippen molar-refractivity contribution < 1.29 is 19.1 Å². The lowest BCUT2D eigenvalue weighted by atomic mass is 9.86. The van der Waals surface area contributed by atoms with Gasteiger partial charge >= 0.3 is 0 Å². The second-order valence-electron chi connectivity index (χ2n) is 7.54. The molecule has 2 atom stereocenters.